The number of hydrogen-bond acceptors (Lipinski definition) is 3. The third-order valence-corrected chi connectivity index (χ3v) is 25.2. The summed E-state index contributed by atoms with van der Waals surface area (Å²) in [5.74, 6) is 0.612. The maximum absolute atomic E-state index is 3.06. The first-order valence-corrected chi connectivity index (χ1v) is 13.2. The summed E-state index contributed by atoms with van der Waals surface area (Å²) in [6.07, 6.45) is 9.34. The van der Waals surface area contributed by atoms with Crippen molar-refractivity contribution in [1.29, 1.82) is 0 Å². The summed E-state index contributed by atoms with van der Waals surface area (Å²) < 4.78 is 7.82. The minimum absolute atomic E-state index is 0.212. The Hall–Kier alpha value is 0.230. The van der Waals surface area contributed by atoms with Crippen LogP contribution in [0.1, 0.15) is 13.8 Å². The van der Waals surface area contributed by atoms with Crippen molar-refractivity contribution >= 4 is 0 Å². The average Bonchev–Trinajstić information content (AvgIpc) is 2.66. The second-order valence-electron chi connectivity index (χ2n) is 6.12. The fourth-order valence-corrected chi connectivity index (χ4v) is 25.9. The summed E-state index contributed by atoms with van der Waals surface area (Å²) in [5, 5.41) is 0. The minimum atomic E-state index is -3.06. The molecule has 0 aromatic rings. The molecule has 4 heteroatoms. The Morgan fingerprint density at radius 2 is 1.11 bits per heavy atom. The normalized spacial score (nSPS) is 18.9. The van der Waals surface area contributed by atoms with Gasteiger partial charge in [-0.25, -0.2) is 0 Å². The molecule has 0 heterocycles. The van der Waals surface area contributed by atoms with E-state index in [0.29, 0.717) is 5.92 Å². The first-order valence-electron chi connectivity index (χ1n) is 6.62. The second-order valence-corrected chi connectivity index (χ2v) is 23.4. The van der Waals surface area contributed by atoms with Gasteiger partial charge >= 0.3 is 119 Å². The van der Waals surface area contributed by atoms with Crippen LogP contribution >= 0.6 is 0 Å². The second kappa shape index (κ2) is 5.70. The van der Waals surface area contributed by atoms with Crippen molar-refractivity contribution in [3.63, 3.8) is 0 Å². The van der Waals surface area contributed by atoms with Gasteiger partial charge in [-0.05, 0) is 0 Å². The number of allylic oxidation sites excluding steroid dienone is 4. The third kappa shape index (κ3) is 2.11. The molecule has 1 aliphatic carbocycles. The Bertz CT molecular complexity index is 309. The van der Waals surface area contributed by atoms with Gasteiger partial charge in [-0.3, -0.25) is 0 Å². The Labute approximate surface area is 119 Å². The molecule has 0 radical (unpaired) electrons. The average molecular weight is 418 g/mol. The van der Waals surface area contributed by atoms with E-state index in [0.717, 1.165) is 0 Å². The molecule has 1 rings (SSSR count). The first kappa shape index (κ1) is 16.3. The van der Waals surface area contributed by atoms with Gasteiger partial charge in [0, 0.05) is 0 Å². The van der Waals surface area contributed by atoms with Gasteiger partial charge in [-0.1, -0.05) is 0 Å². The van der Waals surface area contributed by atoms with Gasteiger partial charge in [0.15, 0.2) is 0 Å². The van der Waals surface area contributed by atoms with Crippen molar-refractivity contribution in [2.45, 2.75) is 17.0 Å². The third-order valence-electron chi connectivity index (χ3n) is 4.26. The fraction of sp³-hybridized carbons (Fsp3) is 0.714. The maximum atomic E-state index is 2.53. The van der Waals surface area contributed by atoms with Crippen molar-refractivity contribution in [2.24, 2.45) is 5.92 Å². The van der Waals surface area contributed by atoms with Crippen LogP contribution in [0.3, 0.4) is 0 Å². The molecular formula is C14H29HfN3. The number of hydrogen-bond donors (Lipinski definition) is 0. The van der Waals surface area contributed by atoms with Crippen LogP contribution in [0.2, 0.25) is 3.17 Å². The van der Waals surface area contributed by atoms with E-state index in [9.17, 15) is 0 Å². The van der Waals surface area contributed by atoms with Crippen LogP contribution < -0.4 is 0 Å². The Kier molecular flexibility index (Phi) is 5.15. The summed E-state index contributed by atoms with van der Waals surface area (Å²) in [4.78, 5) is 0. The Morgan fingerprint density at radius 3 is 1.33 bits per heavy atom. The van der Waals surface area contributed by atoms with Gasteiger partial charge in [0.2, 0.25) is 0 Å². The van der Waals surface area contributed by atoms with Crippen molar-refractivity contribution in [2.75, 3.05) is 42.3 Å². The van der Waals surface area contributed by atoms with E-state index >= 15 is 0 Å². The van der Waals surface area contributed by atoms with Crippen molar-refractivity contribution in [3.8, 4) is 0 Å². The molecular weight excluding hydrogens is 389 g/mol. The van der Waals surface area contributed by atoms with E-state index in [2.05, 4.69) is 89.1 Å². The molecule has 104 valence electrons. The summed E-state index contributed by atoms with van der Waals surface area (Å²) in [5.41, 5.74) is 0. The van der Waals surface area contributed by atoms with Crippen molar-refractivity contribution in [3.05, 3.63) is 24.3 Å². The quantitative estimate of drug-likeness (QED) is 0.636. The van der Waals surface area contributed by atoms with Gasteiger partial charge in [-0.2, -0.15) is 0 Å². The summed E-state index contributed by atoms with van der Waals surface area (Å²) in [6.45, 7) is 4.70. The SMILES string of the molecule is CC(C)[C]1([Hf]([N](C)C)([N](C)C)[N](C)C)C=CC=C1. The Morgan fingerprint density at radius 1 is 0.778 bits per heavy atom. The predicted octanol–water partition coefficient (Wildman–Crippen LogP) is 2.51. The van der Waals surface area contributed by atoms with E-state index in [1.807, 2.05) is 0 Å². The molecule has 0 aromatic heterocycles. The molecule has 0 amide bonds. The molecule has 0 aliphatic heterocycles. The van der Waals surface area contributed by atoms with Crippen LogP contribution in [0.4, 0.5) is 0 Å². The van der Waals surface area contributed by atoms with E-state index in [1.165, 1.54) is 0 Å². The molecule has 0 N–H and O–H groups in total. The molecule has 0 aromatic carbocycles. The molecule has 0 atom stereocenters. The zero-order chi connectivity index (χ0) is 14.1. The van der Waals surface area contributed by atoms with Crippen LogP contribution in [-0.4, -0.2) is 50.9 Å². The van der Waals surface area contributed by atoms with Crippen molar-refractivity contribution < 1.29 is 20.8 Å². The van der Waals surface area contributed by atoms with Crippen LogP contribution in [0, 0.1) is 5.92 Å². The fourth-order valence-electron chi connectivity index (χ4n) is 3.84. The number of nitrogens with zero attached hydrogens (tertiary/aromatic N) is 3. The molecule has 18 heavy (non-hydrogen) atoms. The van der Waals surface area contributed by atoms with Crippen molar-refractivity contribution in [1.82, 2.24) is 8.66 Å². The predicted molar refractivity (Wildman–Crippen MR) is 76.9 cm³/mol. The van der Waals surface area contributed by atoms with E-state index in [4.69, 9.17) is 0 Å². The molecule has 0 saturated carbocycles. The Balaban J connectivity index is 3.51. The molecule has 0 fully saturated rings. The number of rotatable bonds is 5. The summed E-state index contributed by atoms with van der Waals surface area (Å²) in [6, 6.07) is 0. The van der Waals surface area contributed by atoms with Gasteiger partial charge < -0.3 is 0 Å². The van der Waals surface area contributed by atoms with E-state index in [1.54, 1.807) is 0 Å². The standard InChI is InChI=1S/C8H11.3C2H6N.Hf/c1-7(2)8-5-3-4-6-8;3*1-3-2;/h3-7H,1-2H3;3*1-2H3;/q;3*-1;+3. The molecule has 0 saturated heterocycles. The summed E-state index contributed by atoms with van der Waals surface area (Å²) in [7, 11) is 13.5. The van der Waals surface area contributed by atoms with Gasteiger partial charge in [-0.15, -0.1) is 0 Å². The molecule has 0 bridgehead atoms. The van der Waals surface area contributed by atoms with E-state index < -0.39 is 20.8 Å². The van der Waals surface area contributed by atoms with Crippen LogP contribution in [0.5, 0.6) is 0 Å². The van der Waals surface area contributed by atoms with Crippen LogP contribution in [-0.2, 0) is 20.8 Å². The monoisotopic (exact) mass is 419 g/mol. The van der Waals surface area contributed by atoms with Gasteiger partial charge in [0.1, 0.15) is 0 Å². The molecule has 0 unspecified atom stereocenters. The van der Waals surface area contributed by atoms with Gasteiger partial charge in [0.05, 0.1) is 0 Å². The van der Waals surface area contributed by atoms with E-state index in [-0.39, 0.29) is 3.17 Å². The topological polar surface area (TPSA) is 9.72 Å². The molecule has 1 aliphatic rings. The van der Waals surface area contributed by atoms with Gasteiger partial charge in [0.25, 0.3) is 0 Å². The summed E-state index contributed by atoms with van der Waals surface area (Å²) >= 11 is -3.06. The molecule has 0 spiro atoms. The zero-order valence-electron chi connectivity index (χ0n) is 13.2. The van der Waals surface area contributed by atoms with Crippen LogP contribution in [0.25, 0.3) is 0 Å². The van der Waals surface area contributed by atoms with Crippen LogP contribution in [0.15, 0.2) is 24.3 Å². The molecule has 3 nitrogen and oxygen atoms in total. The zero-order valence-corrected chi connectivity index (χ0v) is 16.8. The first-order chi connectivity index (χ1) is 8.23.